The van der Waals surface area contributed by atoms with Gasteiger partial charge in [-0.05, 0) is 30.7 Å². The fourth-order valence-electron chi connectivity index (χ4n) is 3.99. The van der Waals surface area contributed by atoms with Crippen LogP contribution in [-0.4, -0.2) is 72.8 Å². The van der Waals surface area contributed by atoms with Gasteiger partial charge in [0.05, 0.1) is 32.1 Å². The van der Waals surface area contributed by atoms with Gasteiger partial charge < -0.3 is 14.4 Å². The van der Waals surface area contributed by atoms with Crippen LogP contribution in [-0.2, 0) is 4.74 Å². The average molecular weight is 383 g/mol. The molecule has 7 heteroatoms. The topological polar surface area (TPSA) is 64.0 Å². The van der Waals surface area contributed by atoms with E-state index in [1.165, 1.54) is 4.57 Å². The lowest BCUT2D eigenvalue weighted by Crippen LogP contribution is -2.59. The molecule has 2 aromatic rings. The lowest BCUT2D eigenvalue weighted by molar-refractivity contribution is -0.0395. The lowest BCUT2D eigenvalue weighted by atomic mass is 10.1. The molecule has 2 saturated heterocycles. The molecule has 2 fully saturated rings. The number of fused-ring (bicyclic) bond motifs is 1. The van der Waals surface area contributed by atoms with Gasteiger partial charge in [-0.1, -0.05) is 12.1 Å². The number of rotatable bonds is 3. The Morgan fingerprint density at radius 3 is 2.82 bits per heavy atom. The third kappa shape index (κ3) is 3.31. The zero-order valence-corrected chi connectivity index (χ0v) is 16.3. The first kappa shape index (κ1) is 18.7. The molecule has 1 unspecified atom stereocenters. The van der Waals surface area contributed by atoms with Crippen LogP contribution >= 0.6 is 0 Å². The van der Waals surface area contributed by atoms with Crippen molar-refractivity contribution in [3.8, 4) is 11.4 Å². The van der Waals surface area contributed by atoms with Crippen LogP contribution in [0.25, 0.3) is 5.69 Å². The number of pyridine rings is 1. The van der Waals surface area contributed by atoms with E-state index in [4.69, 9.17) is 9.47 Å². The van der Waals surface area contributed by atoms with Gasteiger partial charge in [0, 0.05) is 32.4 Å². The third-order valence-corrected chi connectivity index (χ3v) is 5.58. The molecule has 4 rings (SSSR count). The largest absolute Gasteiger partial charge is 0.495 e. The number of aryl methyl sites for hydroxylation is 1. The second-order valence-corrected chi connectivity index (χ2v) is 7.24. The zero-order chi connectivity index (χ0) is 19.7. The van der Waals surface area contributed by atoms with Gasteiger partial charge in [0.2, 0.25) is 0 Å². The molecular formula is C21H25N3O4. The summed E-state index contributed by atoms with van der Waals surface area (Å²) >= 11 is 0. The predicted molar refractivity (Wildman–Crippen MR) is 105 cm³/mol. The minimum Gasteiger partial charge on any atom is -0.495 e. The van der Waals surface area contributed by atoms with Crippen LogP contribution in [0.4, 0.5) is 0 Å². The van der Waals surface area contributed by atoms with Crippen LogP contribution in [0, 0.1) is 6.92 Å². The first-order chi connectivity index (χ1) is 13.6. The van der Waals surface area contributed by atoms with Crippen molar-refractivity contribution in [2.75, 3.05) is 46.5 Å². The number of morpholine rings is 1. The van der Waals surface area contributed by atoms with Gasteiger partial charge in [-0.25, -0.2) is 0 Å². The van der Waals surface area contributed by atoms with Crippen molar-refractivity contribution in [3.05, 3.63) is 58.0 Å². The van der Waals surface area contributed by atoms with Gasteiger partial charge in [-0.2, -0.15) is 0 Å². The highest BCUT2D eigenvalue weighted by molar-refractivity contribution is 5.95. The van der Waals surface area contributed by atoms with E-state index in [9.17, 15) is 9.59 Å². The van der Waals surface area contributed by atoms with E-state index in [1.807, 2.05) is 18.2 Å². The highest BCUT2D eigenvalue weighted by Gasteiger charge is 2.33. The summed E-state index contributed by atoms with van der Waals surface area (Å²) in [5.74, 6) is 0.372. The first-order valence-electron chi connectivity index (χ1n) is 9.57. The number of aromatic nitrogens is 1. The number of para-hydroxylation sites is 2. The summed E-state index contributed by atoms with van der Waals surface area (Å²) in [6.45, 7) is 6.10. The molecule has 0 N–H and O–H groups in total. The number of hydrogen-bond donors (Lipinski definition) is 0. The summed E-state index contributed by atoms with van der Waals surface area (Å²) < 4.78 is 12.4. The molecule has 0 spiro atoms. The number of carbonyl (C=O) groups is 1. The van der Waals surface area contributed by atoms with Crippen LogP contribution in [0.15, 0.2) is 41.3 Å². The summed E-state index contributed by atoms with van der Waals surface area (Å²) in [4.78, 5) is 30.7. The maximum absolute atomic E-state index is 13.3. The third-order valence-electron chi connectivity index (χ3n) is 5.58. The van der Waals surface area contributed by atoms with Crippen molar-refractivity contribution < 1.29 is 14.3 Å². The normalized spacial score (nSPS) is 19.9. The summed E-state index contributed by atoms with van der Waals surface area (Å²) in [5.41, 5.74) is 1.20. The quantitative estimate of drug-likeness (QED) is 0.800. The van der Waals surface area contributed by atoms with Crippen LogP contribution in [0.2, 0.25) is 0 Å². The molecule has 0 aliphatic carbocycles. The van der Waals surface area contributed by atoms with Crippen molar-refractivity contribution >= 4 is 5.91 Å². The van der Waals surface area contributed by atoms with Gasteiger partial charge in [0.25, 0.3) is 11.5 Å². The van der Waals surface area contributed by atoms with Crippen molar-refractivity contribution in [2.24, 2.45) is 0 Å². The Labute approximate surface area is 164 Å². The second-order valence-electron chi connectivity index (χ2n) is 7.24. The highest BCUT2D eigenvalue weighted by Crippen LogP contribution is 2.22. The van der Waals surface area contributed by atoms with E-state index in [0.29, 0.717) is 36.7 Å². The Balaban J connectivity index is 1.68. The zero-order valence-electron chi connectivity index (χ0n) is 16.3. The summed E-state index contributed by atoms with van der Waals surface area (Å²) in [6, 6.07) is 9.30. The summed E-state index contributed by atoms with van der Waals surface area (Å²) in [7, 11) is 1.57. The number of methoxy groups -OCH3 is 1. The highest BCUT2D eigenvalue weighted by atomic mass is 16.5. The Morgan fingerprint density at radius 2 is 2.00 bits per heavy atom. The van der Waals surface area contributed by atoms with Crippen LogP contribution in [0.5, 0.6) is 5.75 Å². The molecule has 1 atom stereocenters. The Hall–Kier alpha value is -2.64. The lowest BCUT2D eigenvalue weighted by Gasteiger charge is -2.43. The SMILES string of the molecule is COc1ccccc1-n1ccc(C)c(C(=O)N2CCN3CCOCC3C2)c1=O. The van der Waals surface area contributed by atoms with Crippen molar-refractivity contribution in [2.45, 2.75) is 13.0 Å². The first-order valence-corrected chi connectivity index (χ1v) is 9.57. The Kier molecular flexibility index (Phi) is 5.19. The Morgan fingerprint density at radius 1 is 1.18 bits per heavy atom. The van der Waals surface area contributed by atoms with Gasteiger partial charge in [-0.3, -0.25) is 19.1 Å². The van der Waals surface area contributed by atoms with E-state index in [-0.39, 0.29) is 23.1 Å². The Bertz CT molecular complexity index is 939. The number of amides is 1. The number of ether oxygens (including phenoxy) is 2. The fourth-order valence-corrected chi connectivity index (χ4v) is 3.99. The number of hydrogen-bond acceptors (Lipinski definition) is 5. The maximum Gasteiger partial charge on any atom is 0.268 e. The molecule has 1 amide bonds. The van der Waals surface area contributed by atoms with E-state index < -0.39 is 0 Å². The van der Waals surface area contributed by atoms with E-state index in [0.717, 1.165) is 19.7 Å². The summed E-state index contributed by atoms with van der Waals surface area (Å²) in [6.07, 6.45) is 1.69. The molecule has 148 valence electrons. The molecule has 0 bridgehead atoms. The summed E-state index contributed by atoms with van der Waals surface area (Å²) in [5, 5.41) is 0. The van der Waals surface area contributed by atoms with Crippen molar-refractivity contribution in [1.29, 1.82) is 0 Å². The smallest absolute Gasteiger partial charge is 0.268 e. The van der Waals surface area contributed by atoms with Gasteiger partial charge in [-0.15, -0.1) is 0 Å². The number of nitrogens with zero attached hydrogens (tertiary/aromatic N) is 3. The molecule has 0 saturated carbocycles. The molecule has 2 aliphatic rings. The molecule has 3 heterocycles. The predicted octanol–water partition coefficient (Wildman–Crippen LogP) is 1.31. The van der Waals surface area contributed by atoms with Crippen molar-refractivity contribution in [3.63, 3.8) is 0 Å². The van der Waals surface area contributed by atoms with E-state index >= 15 is 0 Å². The number of benzene rings is 1. The number of piperazine rings is 1. The molecule has 1 aromatic heterocycles. The van der Waals surface area contributed by atoms with Gasteiger partial charge >= 0.3 is 0 Å². The van der Waals surface area contributed by atoms with Gasteiger partial charge in [0.15, 0.2) is 0 Å². The minimum atomic E-state index is -0.322. The van der Waals surface area contributed by atoms with E-state index in [2.05, 4.69) is 4.90 Å². The molecule has 1 aromatic carbocycles. The monoisotopic (exact) mass is 383 g/mol. The molecule has 28 heavy (non-hydrogen) atoms. The minimum absolute atomic E-state index is 0.201. The fraction of sp³-hybridized carbons (Fsp3) is 0.429. The van der Waals surface area contributed by atoms with Crippen molar-refractivity contribution in [1.82, 2.24) is 14.4 Å². The van der Waals surface area contributed by atoms with Crippen LogP contribution in [0.3, 0.4) is 0 Å². The average Bonchev–Trinajstić information content (AvgIpc) is 2.73. The molecule has 7 nitrogen and oxygen atoms in total. The molecular weight excluding hydrogens is 358 g/mol. The van der Waals surface area contributed by atoms with E-state index in [1.54, 1.807) is 37.3 Å². The van der Waals surface area contributed by atoms with Gasteiger partial charge in [0.1, 0.15) is 11.3 Å². The maximum atomic E-state index is 13.3. The number of carbonyl (C=O) groups excluding carboxylic acids is 1. The molecule has 2 aliphatic heterocycles. The molecule has 0 radical (unpaired) electrons. The standard InChI is InChI=1S/C21H25N3O4/c1-15-7-8-24(17-5-3-4-6-18(17)27-2)21(26)19(15)20(25)23-10-9-22-11-12-28-14-16(22)13-23/h3-8,16H,9-14H2,1-2H3. The van der Waals surface area contributed by atoms with Crippen LogP contribution < -0.4 is 10.3 Å². The second kappa shape index (κ2) is 7.77. The van der Waals surface area contributed by atoms with Crippen LogP contribution in [0.1, 0.15) is 15.9 Å².